The predicted molar refractivity (Wildman–Crippen MR) is 64.5 cm³/mol. The molecule has 0 saturated heterocycles. The Labute approximate surface area is 105 Å². The van der Waals surface area contributed by atoms with Crippen LogP contribution in [0, 0.1) is 0 Å². The number of esters is 1. The van der Waals surface area contributed by atoms with Gasteiger partial charge in [0, 0.05) is 12.7 Å². The zero-order valence-corrected chi connectivity index (χ0v) is 10.6. The summed E-state index contributed by atoms with van der Waals surface area (Å²) in [7, 11) is -2.22. The van der Waals surface area contributed by atoms with E-state index < -0.39 is 16.0 Å². The average Bonchev–Trinajstić information content (AvgIpc) is 2.33. The minimum Gasteiger partial charge on any atom is -0.463 e. The average molecular weight is 274 g/mol. The number of nitrogens with zero attached hydrogens (tertiary/aromatic N) is 2. The van der Waals surface area contributed by atoms with Gasteiger partial charge in [0.1, 0.15) is 5.82 Å². The van der Waals surface area contributed by atoms with Gasteiger partial charge < -0.3 is 10.1 Å². The minimum absolute atomic E-state index is 0.0612. The maximum absolute atomic E-state index is 11.2. The number of primary sulfonamides is 1. The molecule has 18 heavy (non-hydrogen) atoms. The molecule has 0 aliphatic heterocycles. The minimum atomic E-state index is -3.45. The van der Waals surface area contributed by atoms with Crippen LogP contribution in [0.25, 0.3) is 0 Å². The summed E-state index contributed by atoms with van der Waals surface area (Å²) in [5.41, 5.74) is 0. The van der Waals surface area contributed by atoms with E-state index in [2.05, 4.69) is 20.0 Å². The van der Waals surface area contributed by atoms with E-state index >= 15 is 0 Å². The van der Waals surface area contributed by atoms with Crippen molar-refractivity contribution >= 4 is 21.8 Å². The topological polar surface area (TPSA) is 124 Å². The van der Waals surface area contributed by atoms with Gasteiger partial charge in [-0.1, -0.05) is 0 Å². The largest absolute Gasteiger partial charge is 0.463 e. The molecule has 0 fully saturated rings. The zero-order valence-electron chi connectivity index (χ0n) is 9.79. The van der Waals surface area contributed by atoms with Crippen molar-refractivity contribution in [3.63, 3.8) is 0 Å². The van der Waals surface area contributed by atoms with Crippen molar-refractivity contribution in [3.8, 4) is 0 Å². The van der Waals surface area contributed by atoms with Crippen LogP contribution in [-0.2, 0) is 14.8 Å². The number of sulfonamides is 1. The third kappa shape index (κ3) is 5.06. The van der Waals surface area contributed by atoms with Crippen LogP contribution < -0.4 is 10.5 Å². The highest BCUT2D eigenvalue weighted by atomic mass is 32.2. The van der Waals surface area contributed by atoms with Gasteiger partial charge in [0.15, 0.2) is 0 Å². The lowest BCUT2D eigenvalue weighted by Gasteiger charge is -2.05. The first-order chi connectivity index (χ1) is 8.42. The standard InChI is InChI=1S/C9H14N4O4S/c1-17-9(14)8-12-5-3-7(13-8)11-4-2-6-18(10,15)16/h3,5H,2,4,6H2,1H3,(H2,10,15,16)(H,11,12,13). The van der Waals surface area contributed by atoms with Crippen LogP contribution in [0.2, 0.25) is 0 Å². The first kappa shape index (κ1) is 14.3. The molecule has 0 bridgehead atoms. The molecule has 3 N–H and O–H groups in total. The number of carbonyl (C=O) groups is 1. The molecule has 0 unspecified atom stereocenters. The summed E-state index contributed by atoms with van der Waals surface area (Å²) < 4.78 is 25.9. The molecular weight excluding hydrogens is 260 g/mol. The van der Waals surface area contributed by atoms with Gasteiger partial charge >= 0.3 is 5.97 Å². The summed E-state index contributed by atoms with van der Waals surface area (Å²) in [6.45, 7) is 0.369. The number of anilines is 1. The number of nitrogens with one attached hydrogen (secondary N) is 1. The molecule has 0 spiro atoms. The maximum atomic E-state index is 11.2. The summed E-state index contributed by atoms with van der Waals surface area (Å²) in [6, 6.07) is 1.56. The Bertz CT molecular complexity index is 517. The number of aromatic nitrogens is 2. The molecule has 0 aliphatic rings. The number of nitrogens with two attached hydrogens (primary N) is 1. The van der Waals surface area contributed by atoms with Crippen LogP contribution >= 0.6 is 0 Å². The highest BCUT2D eigenvalue weighted by Gasteiger charge is 2.09. The second kappa shape index (κ2) is 6.26. The molecule has 0 amide bonds. The third-order valence-electron chi connectivity index (χ3n) is 1.94. The fraction of sp³-hybridized carbons (Fsp3) is 0.444. The molecule has 0 aliphatic carbocycles. The van der Waals surface area contributed by atoms with Gasteiger partial charge in [0.2, 0.25) is 15.8 Å². The van der Waals surface area contributed by atoms with E-state index in [9.17, 15) is 13.2 Å². The molecule has 1 heterocycles. The molecule has 100 valence electrons. The number of rotatable bonds is 6. The van der Waals surface area contributed by atoms with Crippen molar-refractivity contribution in [2.75, 3.05) is 24.7 Å². The van der Waals surface area contributed by atoms with Crippen LogP contribution in [0.3, 0.4) is 0 Å². The molecule has 0 radical (unpaired) electrons. The number of carbonyl (C=O) groups excluding carboxylic acids is 1. The molecule has 8 nitrogen and oxygen atoms in total. The monoisotopic (exact) mass is 274 g/mol. The molecule has 0 atom stereocenters. The first-order valence-corrected chi connectivity index (χ1v) is 6.79. The summed E-state index contributed by atoms with van der Waals surface area (Å²) >= 11 is 0. The van der Waals surface area contributed by atoms with Crippen molar-refractivity contribution < 1.29 is 17.9 Å². The van der Waals surface area contributed by atoms with Gasteiger partial charge in [0.05, 0.1) is 12.9 Å². The summed E-state index contributed by atoms with van der Waals surface area (Å²) in [5.74, 6) is -0.397. The van der Waals surface area contributed by atoms with E-state index in [1.807, 2.05) is 0 Å². The van der Waals surface area contributed by atoms with Crippen LogP contribution in [-0.4, -0.2) is 43.8 Å². The first-order valence-electron chi connectivity index (χ1n) is 5.08. The molecule has 0 aromatic carbocycles. The van der Waals surface area contributed by atoms with E-state index in [0.29, 0.717) is 18.8 Å². The van der Waals surface area contributed by atoms with E-state index in [-0.39, 0.29) is 11.6 Å². The van der Waals surface area contributed by atoms with Gasteiger partial charge in [0.25, 0.3) is 0 Å². The Kier molecular flexibility index (Phi) is 4.98. The van der Waals surface area contributed by atoms with Crippen LogP contribution in [0.5, 0.6) is 0 Å². The number of hydrogen-bond acceptors (Lipinski definition) is 7. The highest BCUT2D eigenvalue weighted by Crippen LogP contribution is 2.03. The summed E-state index contributed by atoms with van der Waals surface area (Å²) in [4.78, 5) is 18.8. The fourth-order valence-corrected chi connectivity index (χ4v) is 1.68. The normalized spacial score (nSPS) is 11.0. The van der Waals surface area contributed by atoms with Gasteiger partial charge in [-0.2, -0.15) is 0 Å². The Morgan fingerprint density at radius 2 is 2.28 bits per heavy atom. The lowest BCUT2D eigenvalue weighted by atomic mass is 10.4. The lowest BCUT2D eigenvalue weighted by Crippen LogP contribution is -2.19. The van der Waals surface area contributed by atoms with Crippen molar-refractivity contribution in [2.24, 2.45) is 5.14 Å². The van der Waals surface area contributed by atoms with Crippen molar-refractivity contribution in [3.05, 3.63) is 18.1 Å². The molecular formula is C9H14N4O4S. The summed E-state index contributed by atoms with van der Waals surface area (Å²) in [6.07, 6.45) is 1.75. The van der Waals surface area contributed by atoms with Gasteiger partial charge in [-0.15, -0.1) is 0 Å². The number of methoxy groups -OCH3 is 1. The molecule has 9 heteroatoms. The quantitative estimate of drug-likeness (QED) is 0.522. The highest BCUT2D eigenvalue weighted by molar-refractivity contribution is 7.89. The van der Waals surface area contributed by atoms with E-state index in [0.717, 1.165) is 0 Å². The van der Waals surface area contributed by atoms with Crippen LogP contribution in [0.15, 0.2) is 12.3 Å². The second-order valence-corrected chi connectivity index (χ2v) is 5.14. The van der Waals surface area contributed by atoms with Gasteiger partial charge in [-0.05, 0) is 12.5 Å². The SMILES string of the molecule is COC(=O)c1nccc(NCCCS(N)(=O)=O)n1. The Balaban J connectivity index is 2.50. The number of hydrogen-bond donors (Lipinski definition) is 2. The maximum Gasteiger partial charge on any atom is 0.376 e. The van der Waals surface area contributed by atoms with Crippen molar-refractivity contribution in [2.45, 2.75) is 6.42 Å². The molecule has 1 aromatic rings. The van der Waals surface area contributed by atoms with E-state index in [1.165, 1.54) is 13.3 Å². The predicted octanol–water partition coefficient (Wildman–Crippen LogP) is -0.646. The third-order valence-corrected chi connectivity index (χ3v) is 2.79. The molecule has 1 aromatic heterocycles. The van der Waals surface area contributed by atoms with Crippen LogP contribution in [0.1, 0.15) is 17.0 Å². The Morgan fingerprint density at radius 1 is 1.56 bits per heavy atom. The van der Waals surface area contributed by atoms with E-state index in [1.54, 1.807) is 6.07 Å². The lowest BCUT2D eigenvalue weighted by molar-refractivity contribution is 0.0587. The zero-order chi connectivity index (χ0) is 13.6. The van der Waals surface area contributed by atoms with Crippen LogP contribution in [0.4, 0.5) is 5.82 Å². The Hall–Kier alpha value is -1.74. The molecule has 1 rings (SSSR count). The smallest absolute Gasteiger partial charge is 0.376 e. The van der Waals surface area contributed by atoms with Gasteiger partial charge in [-0.3, -0.25) is 0 Å². The van der Waals surface area contributed by atoms with Crippen molar-refractivity contribution in [1.29, 1.82) is 0 Å². The molecule has 0 saturated carbocycles. The van der Waals surface area contributed by atoms with Gasteiger partial charge in [-0.25, -0.2) is 28.3 Å². The summed E-state index contributed by atoms with van der Waals surface area (Å²) in [5, 5.41) is 7.71. The second-order valence-electron chi connectivity index (χ2n) is 3.40. The van der Waals surface area contributed by atoms with Crippen molar-refractivity contribution in [1.82, 2.24) is 9.97 Å². The fourth-order valence-electron chi connectivity index (χ4n) is 1.14. The number of ether oxygens (including phenoxy) is 1. The Morgan fingerprint density at radius 3 is 2.89 bits per heavy atom. The van der Waals surface area contributed by atoms with E-state index in [4.69, 9.17) is 5.14 Å².